The monoisotopic (exact) mass is 451 g/mol. The lowest BCUT2D eigenvalue weighted by Crippen LogP contribution is -2.15. The molecule has 4 rings (SSSR count). The van der Waals surface area contributed by atoms with Gasteiger partial charge in [-0.2, -0.15) is 26.7 Å². The molecule has 0 unspecified atom stereocenters. The number of nitrogens with one attached hydrogen (secondary N) is 1. The molecular weight excluding hydrogens is 435 g/mol. The Morgan fingerprint density at radius 1 is 1.19 bits per heavy atom. The van der Waals surface area contributed by atoms with Crippen LogP contribution in [0.1, 0.15) is 18.2 Å². The van der Waals surface area contributed by atoms with Crippen LogP contribution in [0, 0.1) is 0 Å². The molecule has 0 atom stereocenters. The average molecular weight is 451 g/mol. The molecule has 0 radical (unpaired) electrons. The quantitative estimate of drug-likeness (QED) is 0.500. The normalized spacial score (nSPS) is 12.4. The van der Waals surface area contributed by atoms with Gasteiger partial charge in [-0.3, -0.25) is 14.4 Å². The van der Waals surface area contributed by atoms with Crippen LogP contribution in [0.15, 0.2) is 47.9 Å². The molecule has 3 aromatic heterocycles. The van der Waals surface area contributed by atoms with Crippen LogP contribution >= 0.6 is 0 Å². The number of nitrogens with zero attached hydrogens (tertiary/aromatic N) is 6. The number of pyridine rings is 1. The number of sulfonamides is 1. The topological polar surface area (TPSA) is 108 Å². The predicted octanol–water partition coefficient (Wildman–Crippen LogP) is 2.93. The highest BCUT2D eigenvalue weighted by Gasteiger charge is 2.33. The van der Waals surface area contributed by atoms with E-state index in [1.165, 1.54) is 6.07 Å². The number of aromatic nitrogens is 6. The number of rotatable bonds is 5. The van der Waals surface area contributed by atoms with Gasteiger partial charge in [-0.25, -0.2) is 4.68 Å². The molecular formula is C18H16F3N7O2S. The van der Waals surface area contributed by atoms with Crippen LogP contribution in [0.4, 0.5) is 18.9 Å². The summed E-state index contributed by atoms with van der Waals surface area (Å²) in [5.74, 6) is 0. The average Bonchev–Trinajstić information content (AvgIpc) is 3.36. The van der Waals surface area contributed by atoms with E-state index >= 15 is 0 Å². The largest absolute Gasteiger partial charge is 0.433 e. The first-order valence-corrected chi connectivity index (χ1v) is 10.5. The molecule has 4 aromatic rings. The standard InChI is InChI=1S/C18H16F3N7O2S/c1-3-11-4-5-12-9-23-27(2)17(12)16(11)25-31(29,30)15-10-28(26-24-15)13-6-7-22-14(8-13)18(19,20)21/h4-10,25H,3H2,1-2H3. The number of benzene rings is 1. The van der Waals surface area contributed by atoms with E-state index in [4.69, 9.17) is 0 Å². The molecule has 1 N–H and O–H groups in total. The molecule has 3 heterocycles. The first-order chi connectivity index (χ1) is 14.6. The van der Waals surface area contributed by atoms with E-state index in [1.807, 2.05) is 13.0 Å². The summed E-state index contributed by atoms with van der Waals surface area (Å²) in [7, 11) is -2.49. The van der Waals surface area contributed by atoms with E-state index in [9.17, 15) is 21.6 Å². The number of fused-ring (bicyclic) bond motifs is 1. The van der Waals surface area contributed by atoms with Crippen LogP contribution in [-0.2, 0) is 29.7 Å². The number of hydrogen-bond acceptors (Lipinski definition) is 6. The SMILES string of the molecule is CCc1ccc2cnn(C)c2c1NS(=O)(=O)c1cn(-c2ccnc(C(F)(F)F)c2)nn1. The lowest BCUT2D eigenvalue weighted by molar-refractivity contribution is -0.141. The van der Waals surface area contributed by atoms with Crippen LogP contribution in [0.3, 0.4) is 0 Å². The Hall–Kier alpha value is -3.48. The van der Waals surface area contributed by atoms with Gasteiger partial charge < -0.3 is 0 Å². The summed E-state index contributed by atoms with van der Waals surface area (Å²) in [5.41, 5.74) is 0.547. The van der Waals surface area contributed by atoms with Crippen molar-refractivity contribution in [1.82, 2.24) is 29.8 Å². The van der Waals surface area contributed by atoms with Crippen LogP contribution in [0.2, 0.25) is 0 Å². The van der Waals surface area contributed by atoms with Crippen LogP contribution in [0.5, 0.6) is 0 Å². The Morgan fingerprint density at radius 3 is 2.68 bits per heavy atom. The molecule has 9 nitrogen and oxygen atoms in total. The van der Waals surface area contributed by atoms with Crippen molar-refractivity contribution in [2.24, 2.45) is 7.05 Å². The highest BCUT2D eigenvalue weighted by atomic mass is 32.2. The molecule has 0 bridgehead atoms. The van der Waals surface area contributed by atoms with Crippen molar-refractivity contribution in [3.8, 4) is 5.69 Å². The zero-order chi connectivity index (χ0) is 22.4. The first kappa shape index (κ1) is 20.8. The van der Waals surface area contributed by atoms with E-state index in [-0.39, 0.29) is 5.69 Å². The number of hydrogen-bond donors (Lipinski definition) is 1. The maximum Gasteiger partial charge on any atom is 0.433 e. The smallest absolute Gasteiger partial charge is 0.276 e. The minimum atomic E-state index is -4.65. The lowest BCUT2D eigenvalue weighted by atomic mass is 10.1. The molecule has 13 heteroatoms. The van der Waals surface area contributed by atoms with Gasteiger partial charge >= 0.3 is 6.18 Å². The summed E-state index contributed by atoms with van der Waals surface area (Å²) in [6.07, 6.45) is -0.478. The Bertz CT molecular complexity index is 1380. The first-order valence-electron chi connectivity index (χ1n) is 9.02. The fraction of sp³-hybridized carbons (Fsp3) is 0.222. The molecule has 0 saturated heterocycles. The van der Waals surface area contributed by atoms with Gasteiger partial charge in [0.25, 0.3) is 10.0 Å². The number of halogens is 3. The van der Waals surface area contributed by atoms with Crippen molar-refractivity contribution in [2.75, 3.05) is 4.72 Å². The summed E-state index contributed by atoms with van der Waals surface area (Å²) >= 11 is 0. The third-order valence-electron chi connectivity index (χ3n) is 4.65. The number of aryl methyl sites for hydroxylation is 2. The second-order valence-electron chi connectivity index (χ2n) is 6.66. The Labute approximate surface area is 174 Å². The molecule has 31 heavy (non-hydrogen) atoms. The maximum absolute atomic E-state index is 13.0. The second-order valence-corrected chi connectivity index (χ2v) is 8.29. The summed E-state index contributed by atoms with van der Waals surface area (Å²) in [5, 5.41) is 11.8. The summed E-state index contributed by atoms with van der Waals surface area (Å²) < 4.78 is 69.7. The highest BCUT2D eigenvalue weighted by Crippen LogP contribution is 2.30. The summed E-state index contributed by atoms with van der Waals surface area (Å²) in [6, 6.07) is 5.66. The van der Waals surface area contributed by atoms with Crippen molar-refractivity contribution in [3.63, 3.8) is 0 Å². The van der Waals surface area contributed by atoms with Gasteiger partial charge in [-0.1, -0.05) is 24.3 Å². The number of alkyl halides is 3. The van der Waals surface area contributed by atoms with E-state index in [0.717, 1.165) is 34.1 Å². The van der Waals surface area contributed by atoms with Gasteiger partial charge in [0.2, 0.25) is 5.03 Å². The van der Waals surface area contributed by atoms with Gasteiger partial charge in [0.1, 0.15) is 5.69 Å². The zero-order valence-corrected chi connectivity index (χ0v) is 17.1. The Balaban J connectivity index is 1.72. The molecule has 0 aliphatic rings. The fourth-order valence-corrected chi connectivity index (χ4v) is 4.10. The lowest BCUT2D eigenvalue weighted by Gasteiger charge is -2.12. The van der Waals surface area contributed by atoms with E-state index in [2.05, 4.69) is 25.1 Å². The Kier molecular flexibility index (Phi) is 4.92. The fourth-order valence-electron chi connectivity index (χ4n) is 3.12. The van der Waals surface area contributed by atoms with Crippen molar-refractivity contribution < 1.29 is 21.6 Å². The highest BCUT2D eigenvalue weighted by molar-refractivity contribution is 7.92. The molecule has 1 aromatic carbocycles. The molecule has 0 amide bonds. The van der Waals surface area contributed by atoms with E-state index in [0.29, 0.717) is 17.6 Å². The van der Waals surface area contributed by atoms with Crippen molar-refractivity contribution in [3.05, 3.63) is 54.1 Å². The predicted molar refractivity (Wildman–Crippen MR) is 105 cm³/mol. The van der Waals surface area contributed by atoms with Gasteiger partial charge in [-0.15, -0.1) is 5.10 Å². The summed E-state index contributed by atoms with van der Waals surface area (Å²) in [4.78, 5) is 3.27. The molecule has 0 aliphatic carbocycles. The van der Waals surface area contributed by atoms with Crippen LogP contribution < -0.4 is 4.72 Å². The third-order valence-corrected chi connectivity index (χ3v) is 5.86. The number of anilines is 1. The molecule has 0 fully saturated rings. The summed E-state index contributed by atoms with van der Waals surface area (Å²) in [6.45, 7) is 1.88. The van der Waals surface area contributed by atoms with Crippen molar-refractivity contribution in [2.45, 2.75) is 24.5 Å². The molecule has 0 aliphatic heterocycles. The van der Waals surface area contributed by atoms with Crippen LogP contribution in [0.25, 0.3) is 16.6 Å². The maximum atomic E-state index is 13.0. The minimum Gasteiger partial charge on any atom is -0.276 e. The second kappa shape index (κ2) is 7.34. The molecule has 0 spiro atoms. The van der Waals surface area contributed by atoms with Crippen LogP contribution in [-0.4, -0.2) is 38.2 Å². The third kappa shape index (κ3) is 3.83. The molecule has 0 saturated carbocycles. The van der Waals surface area contributed by atoms with Crippen molar-refractivity contribution in [1.29, 1.82) is 0 Å². The van der Waals surface area contributed by atoms with E-state index < -0.39 is 26.9 Å². The van der Waals surface area contributed by atoms with Gasteiger partial charge in [0, 0.05) is 18.6 Å². The molecule has 162 valence electrons. The van der Waals surface area contributed by atoms with Gasteiger partial charge in [0.05, 0.1) is 29.3 Å². The van der Waals surface area contributed by atoms with Gasteiger partial charge in [0.15, 0.2) is 0 Å². The van der Waals surface area contributed by atoms with Crippen molar-refractivity contribution >= 4 is 26.6 Å². The van der Waals surface area contributed by atoms with E-state index in [1.54, 1.807) is 24.0 Å². The minimum absolute atomic E-state index is 0.0285. The zero-order valence-electron chi connectivity index (χ0n) is 16.3. The Morgan fingerprint density at radius 2 is 1.97 bits per heavy atom. The van der Waals surface area contributed by atoms with Gasteiger partial charge in [-0.05, 0) is 24.1 Å².